The molecule has 0 aromatic heterocycles. The first-order valence-electron chi connectivity index (χ1n) is 6.46. The summed E-state index contributed by atoms with van der Waals surface area (Å²) in [6.45, 7) is 1.86. The predicted octanol–water partition coefficient (Wildman–Crippen LogP) is 4.40. The Morgan fingerprint density at radius 3 is 2.78 bits per heavy atom. The fraction of sp³-hybridized carbons (Fsp3) is 0.571. The number of alkyl halides is 1. The molecule has 4 heteroatoms. The van der Waals surface area contributed by atoms with Gasteiger partial charge >= 0.3 is 0 Å². The number of halogens is 1. The van der Waals surface area contributed by atoms with Crippen LogP contribution in [-0.4, -0.2) is 9.75 Å². The molecule has 2 atom stereocenters. The molecule has 0 spiro atoms. The Hall–Kier alpha value is -0.900. The molecule has 1 saturated carbocycles. The molecule has 0 radical (unpaired) electrons. The van der Waals surface area contributed by atoms with Gasteiger partial charge in [-0.2, -0.15) is 0 Å². The topological polar surface area (TPSA) is 43.1 Å². The van der Waals surface area contributed by atoms with Gasteiger partial charge in [0.2, 0.25) is 0 Å². The molecule has 0 aliphatic heterocycles. The van der Waals surface area contributed by atoms with Crippen LogP contribution in [0.1, 0.15) is 36.8 Å². The van der Waals surface area contributed by atoms with Crippen molar-refractivity contribution in [1.82, 2.24) is 0 Å². The van der Waals surface area contributed by atoms with Gasteiger partial charge in [0, 0.05) is 16.5 Å². The van der Waals surface area contributed by atoms with E-state index in [-0.39, 0.29) is 10.6 Å². The van der Waals surface area contributed by atoms with E-state index in [0.29, 0.717) is 10.7 Å². The van der Waals surface area contributed by atoms with E-state index in [4.69, 9.17) is 0 Å². The van der Waals surface area contributed by atoms with E-state index in [9.17, 15) is 10.1 Å². The third-order valence-electron chi connectivity index (χ3n) is 3.91. The molecule has 2 unspecified atom stereocenters. The Balaban J connectivity index is 2.18. The average Bonchev–Trinajstić information content (AvgIpc) is 2.34. The van der Waals surface area contributed by atoms with Gasteiger partial charge < -0.3 is 0 Å². The van der Waals surface area contributed by atoms with Crippen LogP contribution in [0.15, 0.2) is 18.2 Å². The van der Waals surface area contributed by atoms with Crippen LogP contribution in [0.4, 0.5) is 5.69 Å². The first-order chi connectivity index (χ1) is 8.59. The Kier molecular flexibility index (Phi) is 4.38. The zero-order valence-corrected chi connectivity index (χ0v) is 12.1. The largest absolute Gasteiger partial charge is 0.272 e. The lowest BCUT2D eigenvalue weighted by Crippen LogP contribution is -2.21. The van der Waals surface area contributed by atoms with Gasteiger partial charge in [-0.3, -0.25) is 10.1 Å². The number of rotatable bonds is 3. The van der Waals surface area contributed by atoms with E-state index in [1.165, 1.54) is 25.7 Å². The van der Waals surface area contributed by atoms with Gasteiger partial charge in [-0.1, -0.05) is 40.9 Å². The highest BCUT2D eigenvalue weighted by Gasteiger charge is 2.24. The van der Waals surface area contributed by atoms with Crippen molar-refractivity contribution in [3.8, 4) is 0 Å². The molecule has 0 bridgehead atoms. The standard InChI is InChI=1S/C14H18BrNO2/c1-10-11(6-4-8-14(10)16(17)18)9-12-5-2-3-7-13(12)15/h4,6,8,12-13H,2-3,5,7,9H2,1H3. The van der Waals surface area contributed by atoms with Crippen molar-refractivity contribution in [2.75, 3.05) is 0 Å². The Labute approximate surface area is 116 Å². The van der Waals surface area contributed by atoms with Crippen LogP contribution < -0.4 is 0 Å². The normalized spacial score (nSPS) is 23.9. The molecule has 3 nitrogen and oxygen atoms in total. The molecule has 0 saturated heterocycles. The number of hydrogen-bond acceptors (Lipinski definition) is 2. The second-order valence-corrected chi connectivity index (χ2v) is 6.26. The Morgan fingerprint density at radius 2 is 2.11 bits per heavy atom. The van der Waals surface area contributed by atoms with Gasteiger partial charge in [-0.25, -0.2) is 0 Å². The summed E-state index contributed by atoms with van der Waals surface area (Å²) in [5, 5.41) is 10.9. The monoisotopic (exact) mass is 311 g/mol. The lowest BCUT2D eigenvalue weighted by atomic mass is 9.83. The summed E-state index contributed by atoms with van der Waals surface area (Å²) in [5.41, 5.74) is 2.20. The highest BCUT2D eigenvalue weighted by molar-refractivity contribution is 9.09. The summed E-state index contributed by atoms with van der Waals surface area (Å²) in [5.74, 6) is 0.611. The Bertz CT molecular complexity index is 447. The molecule has 1 fully saturated rings. The van der Waals surface area contributed by atoms with Crippen LogP contribution in [-0.2, 0) is 6.42 Å². The number of nitrogens with zero attached hydrogens (tertiary/aromatic N) is 1. The maximum absolute atomic E-state index is 10.9. The molecule has 1 aliphatic rings. The van der Waals surface area contributed by atoms with Gasteiger partial charge in [-0.05, 0) is 37.7 Å². The fourth-order valence-electron chi connectivity index (χ4n) is 2.76. The van der Waals surface area contributed by atoms with Crippen LogP contribution in [0.25, 0.3) is 0 Å². The maximum atomic E-state index is 10.9. The first kappa shape index (κ1) is 13.5. The van der Waals surface area contributed by atoms with E-state index in [2.05, 4.69) is 15.9 Å². The van der Waals surface area contributed by atoms with Crippen molar-refractivity contribution in [2.45, 2.75) is 43.9 Å². The van der Waals surface area contributed by atoms with E-state index in [1.54, 1.807) is 12.1 Å². The maximum Gasteiger partial charge on any atom is 0.272 e. The zero-order valence-electron chi connectivity index (χ0n) is 10.6. The van der Waals surface area contributed by atoms with E-state index in [0.717, 1.165) is 17.5 Å². The summed E-state index contributed by atoms with van der Waals surface area (Å²) >= 11 is 3.75. The van der Waals surface area contributed by atoms with Crippen LogP contribution >= 0.6 is 15.9 Å². The summed E-state index contributed by atoms with van der Waals surface area (Å²) in [7, 11) is 0. The molecule has 1 aliphatic carbocycles. The van der Waals surface area contributed by atoms with E-state index < -0.39 is 0 Å². The van der Waals surface area contributed by atoms with E-state index >= 15 is 0 Å². The highest BCUT2D eigenvalue weighted by Crippen LogP contribution is 2.34. The van der Waals surface area contributed by atoms with Crippen LogP contribution in [0.3, 0.4) is 0 Å². The lowest BCUT2D eigenvalue weighted by Gasteiger charge is -2.27. The molecule has 2 rings (SSSR count). The second kappa shape index (κ2) is 5.83. The smallest absolute Gasteiger partial charge is 0.258 e. The average molecular weight is 312 g/mol. The third-order valence-corrected chi connectivity index (χ3v) is 5.12. The highest BCUT2D eigenvalue weighted by atomic mass is 79.9. The van der Waals surface area contributed by atoms with Crippen LogP contribution in [0, 0.1) is 23.0 Å². The van der Waals surface area contributed by atoms with Crippen molar-refractivity contribution < 1.29 is 4.92 Å². The molecule has 1 aromatic rings. The summed E-state index contributed by atoms with van der Waals surface area (Å²) < 4.78 is 0. The van der Waals surface area contributed by atoms with Gasteiger partial charge in [0.15, 0.2) is 0 Å². The number of benzene rings is 1. The Morgan fingerprint density at radius 1 is 1.39 bits per heavy atom. The van der Waals surface area contributed by atoms with Crippen molar-refractivity contribution in [2.24, 2.45) is 5.92 Å². The fourth-order valence-corrected chi connectivity index (χ4v) is 3.54. The van der Waals surface area contributed by atoms with Gasteiger partial charge in [0.1, 0.15) is 0 Å². The minimum absolute atomic E-state index is 0.245. The molecule has 18 heavy (non-hydrogen) atoms. The zero-order chi connectivity index (χ0) is 13.1. The summed E-state index contributed by atoms with van der Waals surface area (Å²) in [4.78, 5) is 11.2. The molecule has 0 N–H and O–H groups in total. The SMILES string of the molecule is Cc1c(CC2CCCCC2Br)cccc1[N+](=O)[O-]. The van der Waals surface area contributed by atoms with Crippen LogP contribution in [0.2, 0.25) is 0 Å². The summed E-state index contributed by atoms with van der Waals surface area (Å²) in [6.07, 6.45) is 5.96. The summed E-state index contributed by atoms with van der Waals surface area (Å²) in [6, 6.07) is 5.41. The molecule has 98 valence electrons. The minimum atomic E-state index is -0.286. The number of nitro benzene ring substituents is 1. The van der Waals surface area contributed by atoms with Gasteiger partial charge in [0.25, 0.3) is 5.69 Å². The second-order valence-electron chi connectivity index (χ2n) is 5.08. The number of hydrogen-bond donors (Lipinski definition) is 0. The van der Waals surface area contributed by atoms with Crippen molar-refractivity contribution in [3.05, 3.63) is 39.4 Å². The van der Waals surface area contributed by atoms with Crippen molar-refractivity contribution in [1.29, 1.82) is 0 Å². The molecule has 1 aromatic carbocycles. The van der Waals surface area contributed by atoms with Crippen molar-refractivity contribution >= 4 is 21.6 Å². The van der Waals surface area contributed by atoms with Crippen molar-refractivity contribution in [3.63, 3.8) is 0 Å². The van der Waals surface area contributed by atoms with E-state index in [1.807, 2.05) is 13.0 Å². The third kappa shape index (κ3) is 2.91. The molecular formula is C14H18BrNO2. The molecular weight excluding hydrogens is 294 g/mol. The molecule has 0 heterocycles. The minimum Gasteiger partial charge on any atom is -0.258 e. The van der Waals surface area contributed by atoms with Gasteiger partial charge in [0.05, 0.1) is 4.92 Å². The van der Waals surface area contributed by atoms with Crippen LogP contribution in [0.5, 0.6) is 0 Å². The van der Waals surface area contributed by atoms with Gasteiger partial charge in [-0.15, -0.1) is 0 Å². The number of nitro groups is 1. The predicted molar refractivity (Wildman–Crippen MR) is 76.2 cm³/mol. The first-order valence-corrected chi connectivity index (χ1v) is 7.38. The quantitative estimate of drug-likeness (QED) is 0.472. The lowest BCUT2D eigenvalue weighted by molar-refractivity contribution is -0.385. The molecule has 0 amide bonds.